The Morgan fingerprint density at radius 2 is 2.19 bits per heavy atom. The molecular weight excluding hydrogens is 402 g/mol. The van der Waals surface area contributed by atoms with Gasteiger partial charge in [0.25, 0.3) is 5.91 Å². The molecule has 3 heterocycles. The maximum absolute atomic E-state index is 13.3. The van der Waals surface area contributed by atoms with Crippen molar-refractivity contribution in [3.8, 4) is 10.8 Å². The number of halogens is 3. The first-order chi connectivity index (χ1) is 12.5. The van der Waals surface area contributed by atoms with Crippen LogP contribution in [0.1, 0.15) is 30.5 Å². The number of hydrogen-bond acceptors (Lipinski definition) is 6. The van der Waals surface area contributed by atoms with Crippen LogP contribution in [0.2, 0.25) is 5.28 Å². The average molecular weight is 416 g/mol. The summed E-state index contributed by atoms with van der Waals surface area (Å²) >= 11 is 6.92. The topological polar surface area (TPSA) is 76.8 Å². The Morgan fingerprint density at radius 1 is 1.38 bits per heavy atom. The molecule has 1 atom stereocenters. The first-order valence-electron chi connectivity index (χ1n) is 7.95. The van der Waals surface area contributed by atoms with Gasteiger partial charge in [0.15, 0.2) is 16.7 Å². The summed E-state index contributed by atoms with van der Waals surface area (Å²) in [4.78, 5) is 18.5. The van der Waals surface area contributed by atoms with Crippen molar-refractivity contribution in [1.29, 1.82) is 0 Å². The van der Waals surface area contributed by atoms with Crippen molar-refractivity contribution < 1.29 is 10.6 Å². The van der Waals surface area contributed by atoms with E-state index in [1.165, 1.54) is 12.1 Å². The zero-order valence-corrected chi connectivity index (χ0v) is 15.8. The molecule has 0 saturated heterocycles. The summed E-state index contributed by atoms with van der Waals surface area (Å²) < 4.78 is 26.7. The summed E-state index contributed by atoms with van der Waals surface area (Å²) in [6.07, 6.45) is 0. The van der Waals surface area contributed by atoms with Crippen LogP contribution in [0.3, 0.4) is 0 Å². The summed E-state index contributed by atoms with van der Waals surface area (Å²) in [6.45, 7) is 2.76. The Hall–Kier alpha value is -2.10. The summed E-state index contributed by atoms with van der Waals surface area (Å²) in [7, 11) is 0. The molecule has 1 aliphatic heterocycles. The molecule has 7 nitrogen and oxygen atoms in total. The van der Waals surface area contributed by atoms with Gasteiger partial charge in [-0.1, -0.05) is 0 Å². The van der Waals surface area contributed by atoms with E-state index in [-0.39, 0.29) is 41.2 Å². The maximum atomic E-state index is 13.3. The molecule has 0 radical (unpaired) electrons. The molecule has 0 bridgehead atoms. The second-order valence-corrected chi connectivity index (χ2v) is 6.59. The van der Waals surface area contributed by atoms with Gasteiger partial charge in [0, 0.05) is 18.7 Å². The number of carbonyl (C=O) groups excluding carboxylic acids is 1. The molecule has 0 aliphatic carbocycles. The van der Waals surface area contributed by atoms with Crippen molar-refractivity contribution in [3.63, 3.8) is 0 Å². The van der Waals surface area contributed by atoms with Gasteiger partial charge in [0.1, 0.15) is 5.82 Å². The first-order valence-corrected chi connectivity index (χ1v) is 8.60. The maximum Gasteiger partial charge on any atom is 0.254 e. The van der Waals surface area contributed by atoms with Gasteiger partial charge in [-0.3, -0.25) is 4.79 Å². The standard InChI is InChI=1S/C15H12ClFN6OS.ClH/c1-8-11-19-20-12(13-18-15(16)21-25-13)23(11)7-6-22(8)14(24)9-2-4-10(17)5-3-9;/h2-5,8H,6-7H2,1H3;1H/i4D;. The lowest BCUT2D eigenvalue weighted by atomic mass is 10.1. The number of hydrogen-bond donors (Lipinski definition) is 0. The highest BCUT2D eigenvalue weighted by Gasteiger charge is 2.32. The Kier molecular flexibility index (Phi) is 4.84. The van der Waals surface area contributed by atoms with Crippen LogP contribution in [0.5, 0.6) is 0 Å². The normalized spacial score (nSPS) is 16.7. The van der Waals surface area contributed by atoms with E-state index in [0.717, 1.165) is 17.6 Å². The van der Waals surface area contributed by atoms with Gasteiger partial charge in [-0.25, -0.2) is 9.37 Å². The number of benzene rings is 1. The molecule has 11 heteroatoms. The molecule has 0 spiro atoms. The summed E-state index contributed by atoms with van der Waals surface area (Å²) in [5, 5.41) is 9.09. The van der Waals surface area contributed by atoms with E-state index < -0.39 is 5.82 Å². The molecule has 136 valence electrons. The van der Waals surface area contributed by atoms with Crippen LogP contribution in [-0.4, -0.2) is 41.5 Å². The van der Waals surface area contributed by atoms with Crippen LogP contribution in [-0.2, 0) is 6.54 Å². The third-order valence-corrected chi connectivity index (χ3v) is 5.04. The fraction of sp³-hybridized carbons (Fsp3) is 0.267. The Balaban J connectivity index is 0.00000210. The van der Waals surface area contributed by atoms with Crippen LogP contribution < -0.4 is 0 Å². The number of nitrogens with zero attached hydrogens (tertiary/aromatic N) is 6. The fourth-order valence-electron chi connectivity index (χ4n) is 2.82. The molecule has 1 unspecified atom stereocenters. The fourth-order valence-corrected chi connectivity index (χ4v) is 3.62. The van der Waals surface area contributed by atoms with E-state index in [2.05, 4.69) is 19.6 Å². The summed E-state index contributed by atoms with van der Waals surface area (Å²) in [5.41, 5.74) is 0.271. The van der Waals surface area contributed by atoms with Gasteiger partial charge in [-0.2, -0.15) is 4.37 Å². The second kappa shape index (κ2) is 7.26. The minimum atomic E-state index is -0.659. The molecule has 2 aromatic heterocycles. The van der Waals surface area contributed by atoms with Crippen molar-refractivity contribution >= 4 is 41.4 Å². The monoisotopic (exact) mass is 415 g/mol. The van der Waals surface area contributed by atoms with E-state index >= 15 is 0 Å². The smallest absolute Gasteiger partial charge is 0.254 e. The number of amides is 1. The van der Waals surface area contributed by atoms with E-state index in [0.29, 0.717) is 29.7 Å². The summed E-state index contributed by atoms with van der Waals surface area (Å²) in [6, 6.07) is 3.11. The predicted molar refractivity (Wildman–Crippen MR) is 97.0 cm³/mol. The van der Waals surface area contributed by atoms with Gasteiger partial charge < -0.3 is 9.47 Å². The highest BCUT2D eigenvalue weighted by atomic mass is 35.5. The molecule has 1 aromatic carbocycles. The lowest BCUT2D eigenvalue weighted by Crippen LogP contribution is -2.41. The highest BCUT2D eigenvalue weighted by molar-refractivity contribution is 7.09. The van der Waals surface area contributed by atoms with Gasteiger partial charge in [-0.15, -0.1) is 22.6 Å². The molecular formula is C15H13Cl2FN6OS. The molecule has 1 aliphatic rings. The SMILES string of the molecule is Cl.[2H]c1cc(C(=O)N2CCn3c(-c4nc(Cl)ns4)nnc3C2C)ccc1F. The van der Waals surface area contributed by atoms with Gasteiger partial charge in [0.2, 0.25) is 5.28 Å². The number of rotatable bonds is 2. The third kappa shape index (κ3) is 3.17. The quantitative estimate of drug-likeness (QED) is 0.641. The molecule has 0 saturated carbocycles. The minimum absolute atomic E-state index is 0. The lowest BCUT2D eigenvalue weighted by molar-refractivity contribution is 0.0638. The minimum Gasteiger partial charge on any atom is -0.327 e. The van der Waals surface area contributed by atoms with Gasteiger partial charge in [-0.05, 0) is 54.3 Å². The van der Waals surface area contributed by atoms with E-state index in [4.69, 9.17) is 13.0 Å². The largest absolute Gasteiger partial charge is 0.327 e. The van der Waals surface area contributed by atoms with Crippen molar-refractivity contribution in [2.24, 2.45) is 0 Å². The third-order valence-electron chi connectivity index (χ3n) is 4.06. The molecule has 1 amide bonds. The van der Waals surface area contributed by atoms with Crippen LogP contribution >= 0.6 is 35.5 Å². The zero-order chi connectivity index (χ0) is 18.4. The van der Waals surface area contributed by atoms with Gasteiger partial charge in [0.05, 0.1) is 7.41 Å². The number of aromatic nitrogens is 5. The predicted octanol–water partition coefficient (Wildman–Crippen LogP) is 3.23. The van der Waals surface area contributed by atoms with Gasteiger partial charge >= 0.3 is 0 Å². The Labute approximate surface area is 164 Å². The first kappa shape index (κ1) is 17.3. The zero-order valence-electron chi connectivity index (χ0n) is 14.4. The molecule has 0 fully saturated rings. The lowest BCUT2D eigenvalue weighted by Gasteiger charge is -2.33. The Bertz CT molecular complexity index is 1010. The van der Waals surface area contributed by atoms with Crippen molar-refractivity contribution in [1.82, 2.24) is 29.0 Å². The number of fused-ring (bicyclic) bond motifs is 1. The van der Waals surface area contributed by atoms with E-state index in [1.807, 2.05) is 11.5 Å². The number of carbonyl (C=O) groups is 1. The van der Waals surface area contributed by atoms with Crippen molar-refractivity contribution in [3.05, 3.63) is 46.7 Å². The highest BCUT2D eigenvalue weighted by Crippen LogP contribution is 2.30. The van der Waals surface area contributed by atoms with Crippen molar-refractivity contribution in [2.45, 2.75) is 19.5 Å². The van der Waals surface area contributed by atoms with Crippen LogP contribution in [0.15, 0.2) is 24.2 Å². The molecule has 0 N–H and O–H groups in total. The van der Waals surface area contributed by atoms with E-state index in [1.54, 1.807) is 4.90 Å². The average Bonchev–Trinajstić information content (AvgIpc) is 3.23. The van der Waals surface area contributed by atoms with E-state index in [9.17, 15) is 9.18 Å². The summed E-state index contributed by atoms with van der Waals surface area (Å²) in [5.74, 6) is 0.256. The van der Waals surface area contributed by atoms with Crippen LogP contribution in [0.4, 0.5) is 4.39 Å². The van der Waals surface area contributed by atoms with Crippen LogP contribution in [0.25, 0.3) is 10.8 Å². The Morgan fingerprint density at radius 3 is 2.88 bits per heavy atom. The molecule has 26 heavy (non-hydrogen) atoms. The van der Waals surface area contributed by atoms with Crippen molar-refractivity contribution in [2.75, 3.05) is 6.54 Å². The second-order valence-electron chi connectivity index (χ2n) is 5.50. The molecule has 3 aromatic rings. The van der Waals surface area contributed by atoms with Crippen LogP contribution in [0, 0.1) is 5.82 Å². The molecule has 4 rings (SSSR count).